The molecular weight excluding hydrogens is 288 g/mol. The van der Waals surface area contributed by atoms with Gasteiger partial charge in [-0.2, -0.15) is 10.1 Å². The van der Waals surface area contributed by atoms with Crippen molar-refractivity contribution in [3.63, 3.8) is 0 Å². The maximum absolute atomic E-state index is 12.5. The summed E-state index contributed by atoms with van der Waals surface area (Å²) in [5.74, 6) is -1.10. The van der Waals surface area contributed by atoms with Gasteiger partial charge in [0.25, 0.3) is 11.8 Å². The molecule has 1 atom stereocenters. The molecule has 106 valence electrons. The van der Waals surface area contributed by atoms with Gasteiger partial charge in [0.1, 0.15) is 11.6 Å². The summed E-state index contributed by atoms with van der Waals surface area (Å²) in [4.78, 5) is 24.1. The summed E-state index contributed by atoms with van der Waals surface area (Å²) in [6.07, 6.45) is 1.55. The predicted octanol–water partition coefficient (Wildman–Crippen LogP) is 0.913. The minimum atomic E-state index is -0.570. The third-order valence-corrected chi connectivity index (χ3v) is 3.44. The zero-order valence-corrected chi connectivity index (χ0v) is 12.0. The molecule has 1 fully saturated rings. The fraction of sp³-hybridized carbons (Fsp3) is 0.143. The van der Waals surface area contributed by atoms with E-state index < -0.39 is 5.92 Å². The number of hydrazone groups is 1. The van der Waals surface area contributed by atoms with Gasteiger partial charge < -0.3 is 5.32 Å². The van der Waals surface area contributed by atoms with E-state index in [4.69, 9.17) is 12.2 Å². The number of para-hydroxylation sites is 1. The largest absolute Gasteiger partial charge is 0.328 e. The van der Waals surface area contributed by atoms with Gasteiger partial charge in [-0.25, -0.2) is 0 Å². The van der Waals surface area contributed by atoms with Gasteiger partial charge >= 0.3 is 0 Å². The quantitative estimate of drug-likeness (QED) is 0.629. The summed E-state index contributed by atoms with van der Waals surface area (Å²) < 4.78 is 0. The van der Waals surface area contributed by atoms with Crippen LogP contribution in [0.5, 0.6) is 0 Å². The Bertz CT molecular complexity index is 696. The number of hydrogen-bond acceptors (Lipinski definition) is 4. The monoisotopic (exact) mass is 300 g/mol. The first-order valence-corrected chi connectivity index (χ1v) is 6.75. The molecule has 2 N–H and O–H groups in total. The Morgan fingerprint density at radius 3 is 2.57 bits per heavy atom. The van der Waals surface area contributed by atoms with Crippen LogP contribution in [0.25, 0.3) is 0 Å². The Morgan fingerprint density at radius 2 is 1.95 bits per heavy atom. The summed E-state index contributed by atoms with van der Waals surface area (Å²) in [5, 5.41) is 11.1. The van der Waals surface area contributed by atoms with Gasteiger partial charge in [-0.1, -0.05) is 18.2 Å². The van der Waals surface area contributed by atoms with Crippen molar-refractivity contribution in [1.82, 2.24) is 10.6 Å². The summed E-state index contributed by atoms with van der Waals surface area (Å²) in [5.41, 5.74) is 1.61. The summed E-state index contributed by atoms with van der Waals surface area (Å²) in [6, 6.07) is 9.15. The van der Waals surface area contributed by atoms with Gasteiger partial charge in [-0.3, -0.25) is 14.9 Å². The van der Waals surface area contributed by atoms with Crippen LogP contribution in [0.2, 0.25) is 0 Å². The van der Waals surface area contributed by atoms with Crippen molar-refractivity contribution in [1.29, 1.82) is 0 Å². The Kier molecular flexibility index (Phi) is 3.26. The summed E-state index contributed by atoms with van der Waals surface area (Å²) >= 11 is 4.86. The summed E-state index contributed by atoms with van der Waals surface area (Å²) in [7, 11) is 0. The number of carbonyl (C=O) groups is 2. The van der Waals surface area contributed by atoms with Crippen molar-refractivity contribution in [3.8, 4) is 0 Å². The van der Waals surface area contributed by atoms with Crippen LogP contribution in [-0.4, -0.2) is 22.6 Å². The van der Waals surface area contributed by atoms with Crippen molar-refractivity contribution < 1.29 is 9.59 Å². The third-order valence-electron chi connectivity index (χ3n) is 3.24. The van der Waals surface area contributed by atoms with Crippen LogP contribution < -0.4 is 15.6 Å². The molecule has 1 saturated heterocycles. The van der Waals surface area contributed by atoms with Crippen LogP contribution >= 0.6 is 12.2 Å². The van der Waals surface area contributed by atoms with E-state index in [2.05, 4.69) is 15.7 Å². The summed E-state index contributed by atoms with van der Waals surface area (Å²) in [6.45, 7) is 1.76. The number of nitrogens with zero attached hydrogens (tertiary/aromatic N) is 2. The Balaban J connectivity index is 1.88. The lowest BCUT2D eigenvalue weighted by atomic mass is 10.0. The highest BCUT2D eigenvalue weighted by Crippen LogP contribution is 2.25. The second-order valence-corrected chi connectivity index (χ2v) is 5.10. The van der Waals surface area contributed by atoms with Crippen LogP contribution in [0, 0.1) is 5.92 Å². The fourth-order valence-electron chi connectivity index (χ4n) is 2.19. The number of benzene rings is 1. The number of amides is 2. The van der Waals surface area contributed by atoms with Crippen LogP contribution in [0.3, 0.4) is 0 Å². The third kappa shape index (κ3) is 2.43. The lowest BCUT2D eigenvalue weighted by Gasteiger charge is -2.12. The smallest absolute Gasteiger partial charge is 0.273 e. The molecule has 0 spiro atoms. The van der Waals surface area contributed by atoms with Gasteiger partial charge in [-0.05, 0) is 37.4 Å². The van der Waals surface area contributed by atoms with Gasteiger partial charge in [0.05, 0.1) is 11.4 Å². The highest BCUT2D eigenvalue weighted by atomic mass is 32.1. The van der Waals surface area contributed by atoms with E-state index >= 15 is 0 Å². The first kappa shape index (κ1) is 13.4. The van der Waals surface area contributed by atoms with Gasteiger partial charge in [0.2, 0.25) is 0 Å². The Morgan fingerprint density at radius 1 is 1.24 bits per heavy atom. The molecule has 0 radical (unpaired) electrons. The Labute approximate surface area is 126 Å². The number of rotatable bonds is 2. The molecule has 21 heavy (non-hydrogen) atoms. The van der Waals surface area contributed by atoms with E-state index in [9.17, 15) is 9.59 Å². The van der Waals surface area contributed by atoms with Crippen molar-refractivity contribution >= 4 is 40.5 Å². The number of thiocarbonyl (C=S) groups is 1. The molecule has 0 aliphatic carbocycles. The van der Waals surface area contributed by atoms with Gasteiger partial charge in [0.15, 0.2) is 5.11 Å². The van der Waals surface area contributed by atoms with Crippen molar-refractivity contribution in [3.05, 3.63) is 42.1 Å². The first-order chi connectivity index (χ1) is 10.1. The predicted molar refractivity (Wildman–Crippen MR) is 82.5 cm³/mol. The lowest BCUT2D eigenvalue weighted by molar-refractivity contribution is -0.118. The molecule has 0 saturated carbocycles. The average Bonchev–Trinajstić information content (AvgIpc) is 2.93. The first-order valence-electron chi connectivity index (χ1n) is 6.34. The average molecular weight is 300 g/mol. The van der Waals surface area contributed by atoms with Crippen molar-refractivity contribution in [2.24, 2.45) is 11.0 Å². The van der Waals surface area contributed by atoms with Crippen LogP contribution in [-0.2, 0) is 9.59 Å². The molecule has 7 heteroatoms. The zero-order chi connectivity index (χ0) is 15.0. The normalized spacial score (nSPS) is 23.4. The maximum Gasteiger partial charge on any atom is 0.273 e. The molecule has 1 aromatic rings. The molecule has 1 aromatic carbocycles. The number of hydrogen-bond donors (Lipinski definition) is 2. The lowest BCUT2D eigenvalue weighted by Crippen LogP contribution is -2.27. The fourth-order valence-corrected chi connectivity index (χ4v) is 2.39. The SMILES string of the molecule is CC1=NN(c2ccccc2)C(=O)[C@@H]1/C=C1/NC(=S)NC1=O. The standard InChI is InChI=1S/C14H12N4O2S/c1-8-10(7-11-12(19)16-14(21)15-11)13(20)18(17-8)9-5-3-2-4-6-9/h2-7,10H,1H3,(H2,15,16,19,21)/b11-7+/t10-/m1/s1. The molecule has 0 aromatic heterocycles. The highest BCUT2D eigenvalue weighted by molar-refractivity contribution is 7.80. The van der Waals surface area contributed by atoms with Crippen molar-refractivity contribution in [2.75, 3.05) is 5.01 Å². The molecule has 6 nitrogen and oxygen atoms in total. The molecule has 0 bridgehead atoms. The van der Waals surface area contributed by atoms with E-state index in [0.29, 0.717) is 11.4 Å². The maximum atomic E-state index is 12.5. The second-order valence-electron chi connectivity index (χ2n) is 4.69. The number of nitrogens with one attached hydrogen (secondary N) is 2. The number of anilines is 1. The molecule has 2 aliphatic rings. The molecular formula is C14H12N4O2S. The minimum Gasteiger partial charge on any atom is -0.328 e. The van der Waals surface area contributed by atoms with Gasteiger partial charge in [0, 0.05) is 0 Å². The van der Waals surface area contributed by atoms with E-state index in [1.165, 1.54) is 5.01 Å². The Hall–Kier alpha value is -2.54. The van der Waals surface area contributed by atoms with Crippen LogP contribution in [0.1, 0.15) is 6.92 Å². The molecule has 0 unspecified atom stereocenters. The van der Waals surface area contributed by atoms with Gasteiger partial charge in [-0.15, -0.1) is 0 Å². The molecule has 2 heterocycles. The van der Waals surface area contributed by atoms with Crippen LogP contribution in [0.15, 0.2) is 47.2 Å². The van der Waals surface area contributed by atoms with Crippen LogP contribution in [0.4, 0.5) is 5.69 Å². The van der Waals surface area contributed by atoms with E-state index in [1.807, 2.05) is 18.2 Å². The number of carbonyl (C=O) groups excluding carboxylic acids is 2. The van der Waals surface area contributed by atoms with E-state index in [1.54, 1.807) is 25.1 Å². The zero-order valence-electron chi connectivity index (χ0n) is 11.2. The minimum absolute atomic E-state index is 0.196. The van der Waals surface area contributed by atoms with Crippen molar-refractivity contribution in [2.45, 2.75) is 6.92 Å². The van der Waals surface area contributed by atoms with E-state index in [0.717, 1.165) is 0 Å². The molecule has 3 rings (SSSR count). The molecule has 2 aliphatic heterocycles. The highest BCUT2D eigenvalue weighted by Gasteiger charge is 2.34. The topological polar surface area (TPSA) is 73.8 Å². The second kappa shape index (κ2) is 5.10. The van der Waals surface area contributed by atoms with E-state index in [-0.39, 0.29) is 22.6 Å². The molecule has 2 amide bonds.